The van der Waals surface area contributed by atoms with E-state index in [-0.39, 0.29) is 5.92 Å². The number of nitrogens with zero attached hydrogens (tertiary/aromatic N) is 3. The average Bonchev–Trinajstić information content (AvgIpc) is 3.78. The number of fused-ring (bicyclic) bond motifs is 8. The first-order chi connectivity index (χ1) is 25.7. The van der Waals surface area contributed by atoms with E-state index in [9.17, 15) is 0 Å². The minimum Gasteiger partial charge on any atom is -0.456 e. The highest BCUT2D eigenvalue weighted by atomic mass is 16.3. The van der Waals surface area contributed by atoms with Crippen molar-refractivity contribution in [2.75, 3.05) is 0 Å². The number of hydrogen-bond donors (Lipinski definition) is 0. The van der Waals surface area contributed by atoms with Crippen LogP contribution in [-0.4, -0.2) is 15.0 Å². The van der Waals surface area contributed by atoms with E-state index in [0.29, 0.717) is 11.6 Å². The van der Waals surface area contributed by atoms with Crippen LogP contribution in [0, 0.1) is 0 Å². The van der Waals surface area contributed by atoms with Gasteiger partial charge in [0.1, 0.15) is 28.2 Å². The molecule has 0 saturated carbocycles. The lowest BCUT2D eigenvalue weighted by atomic mass is 9.89. The van der Waals surface area contributed by atoms with Crippen molar-refractivity contribution in [2.45, 2.75) is 12.3 Å². The van der Waals surface area contributed by atoms with Crippen molar-refractivity contribution in [3.05, 3.63) is 169 Å². The van der Waals surface area contributed by atoms with E-state index in [4.69, 9.17) is 23.8 Å². The Hall–Kier alpha value is -6.85. The number of rotatable bonds is 4. The lowest BCUT2D eigenvalue weighted by Crippen LogP contribution is -2.12. The van der Waals surface area contributed by atoms with E-state index in [1.54, 1.807) is 0 Å². The van der Waals surface area contributed by atoms with Crippen LogP contribution < -0.4 is 0 Å². The zero-order chi connectivity index (χ0) is 34.2. The van der Waals surface area contributed by atoms with Gasteiger partial charge in [0.25, 0.3) is 0 Å². The van der Waals surface area contributed by atoms with E-state index >= 15 is 0 Å². The van der Waals surface area contributed by atoms with E-state index in [0.717, 1.165) is 83.8 Å². The molecule has 0 N–H and O–H groups in total. The second-order valence-corrected chi connectivity index (χ2v) is 13.5. The van der Waals surface area contributed by atoms with Crippen LogP contribution in [0.15, 0.2) is 161 Å². The van der Waals surface area contributed by atoms with Crippen molar-refractivity contribution in [2.24, 2.45) is 0 Å². The number of para-hydroxylation sites is 2. The number of furan rings is 2. The van der Waals surface area contributed by atoms with Crippen LogP contribution in [0.4, 0.5) is 0 Å². The Morgan fingerprint density at radius 1 is 0.500 bits per heavy atom. The monoisotopic (exact) mass is 667 g/mol. The Kier molecular flexibility index (Phi) is 6.31. The summed E-state index contributed by atoms with van der Waals surface area (Å²) in [4.78, 5) is 15.5. The molecule has 1 atom stereocenters. The lowest BCUT2D eigenvalue weighted by molar-refractivity contribution is 0.668. The van der Waals surface area contributed by atoms with Crippen LogP contribution in [-0.2, 0) is 6.42 Å². The third-order valence-electron chi connectivity index (χ3n) is 10.4. The highest BCUT2D eigenvalue weighted by Gasteiger charge is 2.23. The molecule has 0 aliphatic heterocycles. The summed E-state index contributed by atoms with van der Waals surface area (Å²) < 4.78 is 13.0. The summed E-state index contributed by atoms with van der Waals surface area (Å²) in [6, 6.07) is 50.4. The van der Waals surface area contributed by atoms with Gasteiger partial charge in [-0.15, -0.1) is 0 Å². The van der Waals surface area contributed by atoms with Crippen molar-refractivity contribution in [3.8, 4) is 33.9 Å². The van der Waals surface area contributed by atoms with Crippen LogP contribution in [0.5, 0.6) is 0 Å². The molecule has 0 radical (unpaired) electrons. The summed E-state index contributed by atoms with van der Waals surface area (Å²) >= 11 is 0. The molecule has 52 heavy (non-hydrogen) atoms. The molecule has 10 aromatic rings. The summed E-state index contributed by atoms with van der Waals surface area (Å²) in [5.41, 5.74) is 9.80. The molecule has 0 amide bonds. The number of hydrogen-bond acceptors (Lipinski definition) is 5. The molecule has 0 fully saturated rings. The van der Waals surface area contributed by atoms with E-state index in [1.807, 2.05) is 30.3 Å². The van der Waals surface area contributed by atoms with Gasteiger partial charge in [-0.2, -0.15) is 0 Å². The molecule has 5 nitrogen and oxygen atoms in total. The molecule has 244 valence electrons. The second-order valence-electron chi connectivity index (χ2n) is 13.5. The number of aromatic nitrogens is 3. The fourth-order valence-electron chi connectivity index (χ4n) is 7.88. The first-order valence-corrected chi connectivity index (χ1v) is 17.6. The molecule has 3 aromatic heterocycles. The first-order valence-electron chi connectivity index (χ1n) is 17.6. The molecule has 5 heteroatoms. The minimum atomic E-state index is 0.0136. The molecule has 1 aliphatic carbocycles. The number of benzene rings is 7. The highest BCUT2D eigenvalue weighted by molar-refractivity contribution is 6.14. The summed E-state index contributed by atoms with van der Waals surface area (Å²) in [5, 5.41) is 6.53. The van der Waals surface area contributed by atoms with Crippen molar-refractivity contribution in [1.82, 2.24) is 15.0 Å². The standard InChI is InChI=1S/C47H29N3O2/c1-3-11-30-25-33(21-19-28(30)9-1)45-48-46(34-22-20-29-10-2-4-12-31(29)26-34)50-47(49-45)39-16-8-18-41-43(39)38-24-23-32(27-42(38)51-41)35-14-7-15-37-36-13-5-6-17-40(36)52-44(35)37/h1-25,27,34H,26H2. The Morgan fingerprint density at radius 3 is 2.25 bits per heavy atom. The van der Waals surface area contributed by atoms with Gasteiger partial charge in [-0.3, -0.25) is 0 Å². The molecular weight excluding hydrogens is 639 g/mol. The summed E-state index contributed by atoms with van der Waals surface area (Å²) in [7, 11) is 0. The molecule has 1 aliphatic rings. The van der Waals surface area contributed by atoms with E-state index < -0.39 is 0 Å². The SMILES string of the molecule is C1=CC(c2nc(-c3ccc4ccccc4c3)nc(-c3cccc4oc5cc(-c6cccc7c6oc6ccccc67)ccc5c34)n2)Cc2ccccc21. The first kappa shape index (κ1) is 28.9. The van der Waals surface area contributed by atoms with Gasteiger partial charge in [-0.05, 0) is 64.2 Å². The second kappa shape index (κ2) is 11.3. The van der Waals surface area contributed by atoms with Gasteiger partial charge in [0, 0.05) is 44.2 Å². The van der Waals surface area contributed by atoms with Crippen molar-refractivity contribution in [1.29, 1.82) is 0 Å². The van der Waals surface area contributed by atoms with Gasteiger partial charge in [0.15, 0.2) is 11.6 Å². The van der Waals surface area contributed by atoms with E-state index in [1.165, 1.54) is 16.5 Å². The predicted molar refractivity (Wildman–Crippen MR) is 210 cm³/mol. The Labute approximate surface area is 298 Å². The van der Waals surface area contributed by atoms with Crippen molar-refractivity contribution < 1.29 is 8.83 Å². The Bertz CT molecular complexity index is 3080. The summed E-state index contributed by atoms with van der Waals surface area (Å²) in [6.45, 7) is 0. The zero-order valence-corrected chi connectivity index (χ0v) is 28.0. The van der Waals surface area contributed by atoms with Gasteiger partial charge >= 0.3 is 0 Å². The maximum atomic E-state index is 6.58. The average molecular weight is 668 g/mol. The van der Waals surface area contributed by atoms with Crippen LogP contribution in [0.25, 0.3) is 94.6 Å². The fraction of sp³-hybridized carbons (Fsp3) is 0.0426. The fourth-order valence-corrected chi connectivity index (χ4v) is 7.88. The maximum Gasteiger partial charge on any atom is 0.164 e. The van der Waals surface area contributed by atoms with Crippen LogP contribution in [0.3, 0.4) is 0 Å². The van der Waals surface area contributed by atoms with Crippen molar-refractivity contribution >= 4 is 60.7 Å². The normalized spacial score (nSPS) is 14.2. The van der Waals surface area contributed by atoms with Crippen LogP contribution in [0.1, 0.15) is 22.9 Å². The summed E-state index contributed by atoms with van der Waals surface area (Å²) in [6.07, 6.45) is 5.24. The third kappa shape index (κ3) is 4.60. The molecule has 0 spiro atoms. The Balaban J connectivity index is 1.08. The predicted octanol–water partition coefficient (Wildman–Crippen LogP) is 12.2. The molecular formula is C47H29N3O2. The highest BCUT2D eigenvalue weighted by Crippen LogP contribution is 2.41. The van der Waals surface area contributed by atoms with Crippen molar-refractivity contribution in [3.63, 3.8) is 0 Å². The molecule has 1 unspecified atom stereocenters. The summed E-state index contributed by atoms with van der Waals surface area (Å²) in [5.74, 6) is 2.05. The maximum absolute atomic E-state index is 6.58. The van der Waals surface area contributed by atoms with E-state index in [2.05, 4.69) is 127 Å². The van der Waals surface area contributed by atoms with Crippen LogP contribution >= 0.6 is 0 Å². The van der Waals surface area contributed by atoms with Gasteiger partial charge in [-0.1, -0.05) is 127 Å². The molecule has 0 saturated heterocycles. The Morgan fingerprint density at radius 2 is 1.27 bits per heavy atom. The quantitative estimate of drug-likeness (QED) is 0.187. The smallest absolute Gasteiger partial charge is 0.164 e. The zero-order valence-electron chi connectivity index (χ0n) is 28.0. The van der Waals surface area contributed by atoms with Gasteiger partial charge in [-0.25, -0.2) is 15.0 Å². The van der Waals surface area contributed by atoms with Gasteiger partial charge < -0.3 is 8.83 Å². The molecule has 0 bridgehead atoms. The van der Waals surface area contributed by atoms with Gasteiger partial charge in [0.2, 0.25) is 0 Å². The molecule has 11 rings (SSSR count). The molecule has 7 aromatic carbocycles. The third-order valence-corrected chi connectivity index (χ3v) is 10.4. The van der Waals surface area contributed by atoms with Crippen LogP contribution in [0.2, 0.25) is 0 Å². The topological polar surface area (TPSA) is 65.0 Å². The minimum absolute atomic E-state index is 0.0136. The molecule has 3 heterocycles. The number of allylic oxidation sites excluding steroid dienone is 1. The van der Waals surface area contributed by atoms with Gasteiger partial charge in [0.05, 0.1) is 0 Å². The largest absolute Gasteiger partial charge is 0.456 e. The lowest BCUT2D eigenvalue weighted by Gasteiger charge is -2.19.